The van der Waals surface area contributed by atoms with Gasteiger partial charge in [-0.1, -0.05) is 24.6 Å². The van der Waals surface area contributed by atoms with Crippen molar-refractivity contribution in [2.75, 3.05) is 7.05 Å². The molecule has 0 aliphatic rings. The summed E-state index contributed by atoms with van der Waals surface area (Å²) in [4.78, 5) is 16.1. The van der Waals surface area contributed by atoms with Gasteiger partial charge >= 0.3 is 0 Å². The number of aromatic nitrogens is 1. The van der Waals surface area contributed by atoms with E-state index < -0.39 is 0 Å². The van der Waals surface area contributed by atoms with E-state index in [2.05, 4.69) is 31.0 Å². The van der Waals surface area contributed by atoms with E-state index in [9.17, 15) is 4.79 Å². The molecule has 1 aromatic carbocycles. The number of allylic oxidation sites excluding steroid dienone is 2. The fourth-order valence-electron chi connectivity index (χ4n) is 2.14. The normalized spacial score (nSPS) is 13.0. The molecule has 2 rings (SSSR count). The fourth-order valence-corrected chi connectivity index (χ4v) is 2.14. The Bertz CT molecular complexity index is 751. The Kier molecular flexibility index (Phi) is 4.18. The second-order valence-corrected chi connectivity index (χ2v) is 4.96. The van der Waals surface area contributed by atoms with Crippen LogP contribution in [-0.2, 0) is 7.05 Å². The van der Waals surface area contributed by atoms with Gasteiger partial charge in [-0.15, -0.1) is 0 Å². The van der Waals surface area contributed by atoms with Crippen LogP contribution in [0.5, 0.6) is 0 Å². The highest BCUT2D eigenvalue weighted by Crippen LogP contribution is 2.16. The maximum Gasteiger partial charge on any atom is 0.250 e. The lowest BCUT2D eigenvalue weighted by Gasteiger charge is -2.08. The maximum absolute atomic E-state index is 11.7. The van der Waals surface area contributed by atoms with E-state index in [1.54, 1.807) is 24.7 Å². The van der Waals surface area contributed by atoms with Crippen molar-refractivity contribution in [3.05, 3.63) is 57.9 Å². The van der Waals surface area contributed by atoms with Crippen molar-refractivity contribution < 1.29 is 0 Å². The van der Waals surface area contributed by atoms with Crippen LogP contribution in [0, 0.1) is 0 Å². The summed E-state index contributed by atoms with van der Waals surface area (Å²) in [7, 11) is 3.59. The molecule has 1 aromatic heterocycles. The smallest absolute Gasteiger partial charge is 0.250 e. The van der Waals surface area contributed by atoms with Crippen LogP contribution in [0.25, 0.3) is 10.9 Å². The summed E-state index contributed by atoms with van der Waals surface area (Å²) in [5.74, 6) is 0. The van der Waals surface area contributed by atoms with Crippen molar-refractivity contribution in [1.29, 1.82) is 0 Å². The van der Waals surface area contributed by atoms with Gasteiger partial charge < -0.3 is 4.57 Å². The van der Waals surface area contributed by atoms with E-state index in [0.717, 1.165) is 28.6 Å². The third kappa shape index (κ3) is 2.72. The van der Waals surface area contributed by atoms with E-state index in [-0.39, 0.29) is 5.56 Å². The monoisotopic (exact) mass is 268 g/mol. The Morgan fingerprint density at radius 1 is 1.30 bits per heavy atom. The molecule has 0 saturated heterocycles. The van der Waals surface area contributed by atoms with E-state index in [1.165, 1.54) is 5.57 Å². The second kappa shape index (κ2) is 5.87. The first-order valence-electron chi connectivity index (χ1n) is 6.81. The number of rotatable bonds is 3. The van der Waals surface area contributed by atoms with Gasteiger partial charge in [-0.25, -0.2) is 0 Å². The maximum atomic E-state index is 11.7. The summed E-state index contributed by atoms with van der Waals surface area (Å²) in [6.45, 7) is 4.23. The molecule has 0 atom stereocenters. The first-order chi connectivity index (χ1) is 9.56. The zero-order valence-corrected chi connectivity index (χ0v) is 12.5. The number of benzene rings is 1. The van der Waals surface area contributed by atoms with Crippen molar-refractivity contribution in [3.8, 4) is 0 Å². The molecule has 0 N–H and O–H groups in total. The van der Waals surface area contributed by atoms with Crippen molar-refractivity contribution in [2.24, 2.45) is 12.0 Å². The molecule has 0 fully saturated rings. The van der Waals surface area contributed by atoms with Crippen LogP contribution in [0.4, 0.5) is 0 Å². The van der Waals surface area contributed by atoms with Crippen LogP contribution in [0.3, 0.4) is 0 Å². The number of aryl methyl sites for hydroxylation is 1. The molecule has 0 bridgehead atoms. The highest BCUT2D eigenvalue weighted by molar-refractivity contribution is 6.10. The fraction of sp³-hybridized carbons (Fsp3) is 0.294. The summed E-state index contributed by atoms with van der Waals surface area (Å²) in [5.41, 5.74) is 4.20. The Balaban J connectivity index is 2.61. The van der Waals surface area contributed by atoms with Crippen molar-refractivity contribution in [2.45, 2.75) is 20.3 Å². The molecule has 0 unspecified atom stereocenters. The molecule has 20 heavy (non-hydrogen) atoms. The van der Waals surface area contributed by atoms with Gasteiger partial charge in [-0.2, -0.15) is 0 Å². The van der Waals surface area contributed by atoms with Gasteiger partial charge in [0.1, 0.15) is 0 Å². The Labute approximate surface area is 119 Å². The predicted octanol–water partition coefficient (Wildman–Crippen LogP) is 3.31. The third-order valence-corrected chi connectivity index (χ3v) is 3.61. The number of nitrogens with zero attached hydrogens (tertiary/aromatic N) is 2. The topological polar surface area (TPSA) is 34.4 Å². The van der Waals surface area contributed by atoms with Crippen LogP contribution in [0.1, 0.15) is 25.8 Å². The van der Waals surface area contributed by atoms with E-state index in [0.29, 0.717) is 0 Å². The molecule has 0 radical (unpaired) electrons. The molecule has 3 heteroatoms. The van der Waals surface area contributed by atoms with Crippen LogP contribution in [0.2, 0.25) is 0 Å². The molecule has 104 valence electrons. The quantitative estimate of drug-likeness (QED) is 0.786. The molecule has 1 heterocycles. The Morgan fingerprint density at radius 2 is 2.00 bits per heavy atom. The summed E-state index contributed by atoms with van der Waals surface area (Å²) in [6.07, 6.45) is 3.10. The van der Waals surface area contributed by atoms with Gasteiger partial charge in [0.15, 0.2) is 0 Å². The molecule has 0 saturated carbocycles. The summed E-state index contributed by atoms with van der Waals surface area (Å²) in [5, 5.41) is 1.06. The zero-order valence-electron chi connectivity index (χ0n) is 12.5. The number of hydrogen-bond acceptors (Lipinski definition) is 2. The number of fused-ring (bicyclic) bond motifs is 1. The summed E-state index contributed by atoms with van der Waals surface area (Å²) in [6, 6.07) is 9.56. The minimum atomic E-state index is 0.00455. The van der Waals surface area contributed by atoms with Crippen LogP contribution in [-0.4, -0.2) is 17.3 Å². The van der Waals surface area contributed by atoms with E-state index in [4.69, 9.17) is 0 Å². The average Bonchev–Trinajstić information content (AvgIpc) is 2.48. The van der Waals surface area contributed by atoms with Gasteiger partial charge in [0.05, 0.1) is 11.2 Å². The highest BCUT2D eigenvalue weighted by Gasteiger charge is 2.04. The van der Waals surface area contributed by atoms with Crippen LogP contribution < -0.4 is 5.56 Å². The lowest BCUT2D eigenvalue weighted by atomic mass is 10.0. The zero-order chi connectivity index (χ0) is 14.7. The van der Waals surface area contributed by atoms with Crippen LogP contribution >= 0.6 is 0 Å². The Hall–Kier alpha value is -2.16. The van der Waals surface area contributed by atoms with Gasteiger partial charge in [0.25, 0.3) is 5.56 Å². The first-order valence-corrected chi connectivity index (χ1v) is 6.81. The van der Waals surface area contributed by atoms with Gasteiger partial charge in [-0.05, 0) is 36.9 Å². The van der Waals surface area contributed by atoms with Crippen molar-refractivity contribution >= 4 is 16.6 Å². The minimum Gasteiger partial charge on any atom is -0.311 e. The number of aliphatic imine (C=N–C) groups is 1. The molecule has 0 aliphatic carbocycles. The molecule has 0 aliphatic heterocycles. The molecule has 2 aromatic rings. The van der Waals surface area contributed by atoms with Gasteiger partial charge in [0.2, 0.25) is 0 Å². The standard InChI is InChI=1S/C17H20N2O/c1-5-12(2)10-15(18-3)14-7-6-13-8-9-17(20)19(4)16(13)11-14/h6-11H,5H2,1-4H3/b12-10-,18-15?. The molecule has 0 amide bonds. The largest absolute Gasteiger partial charge is 0.311 e. The SMILES string of the molecule is CC/C(C)=C\C(=NC)c1ccc2ccc(=O)n(C)c2c1. The molecule has 0 spiro atoms. The van der Waals surface area contributed by atoms with Crippen LogP contribution in [0.15, 0.2) is 51.8 Å². The number of hydrogen-bond donors (Lipinski definition) is 0. The minimum absolute atomic E-state index is 0.00455. The van der Waals surface area contributed by atoms with Gasteiger partial charge in [-0.3, -0.25) is 9.79 Å². The lowest BCUT2D eigenvalue weighted by Crippen LogP contribution is -2.15. The first kappa shape index (κ1) is 14.3. The van der Waals surface area contributed by atoms with Crippen molar-refractivity contribution in [3.63, 3.8) is 0 Å². The average molecular weight is 268 g/mol. The third-order valence-electron chi connectivity index (χ3n) is 3.61. The number of pyridine rings is 1. The summed E-state index contributed by atoms with van der Waals surface area (Å²) >= 11 is 0. The van der Waals surface area contributed by atoms with E-state index >= 15 is 0 Å². The Morgan fingerprint density at radius 3 is 2.65 bits per heavy atom. The van der Waals surface area contributed by atoms with E-state index in [1.807, 2.05) is 18.2 Å². The summed E-state index contributed by atoms with van der Waals surface area (Å²) < 4.78 is 1.67. The molecular formula is C17H20N2O. The van der Waals surface area contributed by atoms with Crippen molar-refractivity contribution in [1.82, 2.24) is 4.57 Å². The molecule has 3 nitrogen and oxygen atoms in total. The molecular weight excluding hydrogens is 248 g/mol. The lowest BCUT2D eigenvalue weighted by molar-refractivity contribution is 0.906. The second-order valence-electron chi connectivity index (χ2n) is 4.96. The van der Waals surface area contributed by atoms with Gasteiger partial charge in [0, 0.05) is 25.7 Å². The highest BCUT2D eigenvalue weighted by atomic mass is 16.1. The predicted molar refractivity (Wildman–Crippen MR) is 85.7 cm³/mol.